The van der Waals surface area contributed by atoms with Gasteiger partial charge in [-0.15, -0.1) is 0 Å². The number of aldehydes is 1. The first kappa shape index (κ1) is 13.1. The molecule has 1 aromatic heterocycles. The Labute approximate surface area is 110 Å². The second-order valence-corrected chi connectivity index (χ2v) is 4.07. The zero-order chi connectivity index (χ0) is 13.8. The van der Waals surface area contributed by atoms with Crippen LogP contribution >= 0.6 is 0 Å². The molecule has 1 heterocycles. The SMILES string of the molecule is CCOc1[nH]n(-c2ccc(CC)cc2)c(=O)c1C=O. The highest BCUT2D eigenvalue weighted by atomic mass is 16.5. The van der Waals surface area contributed by atoms with E-state index >= 15 is 0 Å². The van der Waals surface area contributed by atoms with Crippen LogP contribution in [0.25, 0.3) is 5.69 Å². The zero-order valence-corrected chi connectivity index (χ0v) is 11.0. The highest BCUT2D eigenvalue weighted by molar-refractivity contribution is 5.77. The van der Waals surface area contributed by atoms with Crippen LogP contribution in [0.15, 0.2) is 29.1 Å². The first-order valence-corrected chi connectivity index (χ1v) is 6.23. The van der Waals surface area contributed by atoms with Crippen molar-refractivity contribution >= 4 is 6.29 Å². The summed E-state index contributed by atoms with van der Waals surface area (Å²) < 4.78 is 6.56. The van der Waals surface area contributed by atoms with Crippen LogP contribution in [-0.4, -0.2) is 22.7 Å². The topological polar surface area (TPSA) is 64.1 Å². The fourth-order valence-corrected chi connectivity index (χ4v) is 1.85. The third-order valence-corrected chi connectivity index (χ3v) is 2.90. The van der Waals surface area contributed by atoms with Crippen LogP contribution in [-0.2, 0) is 6.42 Å². The summed E-state index contributed by atoms with van der Waals surface area (Å²) in [4.78, 5) is 23.0. The van der Waals surface area contributed by atoms with Crippen molar-refractivity contribution in [3.63, 3.8) is 0 Å². The predicted octanol–water partition coefficient (Wildman–Crippen LogP) is 1.94. The molecule has 0 fully saturated rings. The van der Waals surface area contributed by atoms with E-state index in [4.69, 9.17) is 4.74 Å². The number of aryl methyl sites for hydroxylation is 1. The molecule has 0 unspecified atom stereocenters. The van der Waals surface area contributed by atoms with Gasteiger partial charge in [-0.1, -0.05) is 19.1 Å². The summed E-state index contributed by atoms with van der Waals surface area (Å²) in [6.45, 7) is 4.24. The first-order valence-electron chi connectivity index (χ1n) is 6.23. The maximum atomic E-state index is 12.1. The normalized spacial score (nSPS) is 10.4. The minimum Gasteiger partial charge on any atom is -0.478 e. The lowest BCUT2D eigenvalue weighted by Crippen LogP contribution is -2.16. The number of hydrogen-bond donors (Lipinski definition) is 1. The van der Waals surface area contributed by atoms with Crippen molar-refractivity contribution in [1.29, 1.82) is 0 Å². The summed E-state index contributed by atoms with van der Waals surface area (Å²) in [7, 11) is 0. The number of H-pyrrole nitrogens is 1. The van der Waals surface area contributed by atoms with E-state index in [1.807, 2.05) is 24.3 Å². The predicted molar refractivity (Wildman–Crippen MR) is 72.3 cm³/mol. The molecule has 0 atom stereocenters. The van der Waals surface area contributed by atoms with Crippen LogP contribution in [0.5, 0.6) is 5.88 Å². The molecule has 1 N–H and O–H groups in total. The smallest absolute Gasteiger partial charge is 0.285 e. The number of nitrogens with one attached hydrogen (secondary N) is 1. The number of benzene rings is 1. The number of carbonyl (C=O) groups excluding carboxylic acids is 1. The zero-order valence-electron chi connectivity index (χ0n) is 11.0. The molecule has 100 valence electrons. The number of aromatic nitrogens is 2. The number of hydrogen-bond acceptors (Lipinski definition) is 3. The molecular weight excluding hydrogens is 244 g/mol. The summed E-state index contributed by atoms with van der Waals surface area (Å²) in [5.41, 5.74) is 1.48. The number of nitrogens with zero attached hydrogens (tertiary/aromatic N) is 1. The van der Waals surface area contributed by atoms with Gasteiger partial charge in [0, 0.05) is 0 Å². The van der Waals surface area contributed by atoms with Crippen molar-refractivity contribution in [3.05, 3.63) is 45.7 Å². The van der Waals surface area contributed by atoms with E-state index < -0.39 is 5.56 Å². The van der Waals surface area contributed by atoms with E-state index in [2.05, 4.69) is 12.0 Å². The number of aromatic amines is 1. The third kappa shape index (κ3) is 2.45. The van der Waals surface area contributed by atoms with Gasteiger partial charge >= 0.3 is 0 Å². The van der Waals surface area contributed by atoms with Gasteiger partial charge in [0.05, 0.1) is 12.3 Å². The molecule has 0 radical (unpaired) electrons. The number of carbonyl (C=O) groups is 1. The standard InChI is InChI=1S/C14H16N2O3/c1-3-10-5-7-11(8-6-10)16-14(18)12(9-17)13(15-16)19-4-2/h5-9,15H,3-4H2,1-2H3. The summed E-state index contributed by atoms with van der Waals surface area (Å²) >= 11 is 0. The summed E-state index contributed by atoms with van der Waals surface area (Å²) in [6, 6.07) is 7.56. The van der Waals surface area contributed by atoms with Crippen LogP contribution in [0.3, 0.4) is 0 Å². The van der Waals surface area contributed by atoms with Gasteiger partial charge in [0.2, 0.25) is 5.88 Å². The van der Waals surface area contributed by atoms with Crippen LogP contribution in [0.4, 0.5) is 0 Å². The Balaban J connectivity index is 2.49. The van der Waals surface area contributed by atoms with Crippen molar-refractivity contribution in [2.75, 3.05) is 6.61 Å². The van der Waals surface area contributed by atoms with Crippen molar-refractivity contribution in [3.8, 4) is 11.6 Å². The number of ether oxygens (including phenoxy) is 1. The highest BCUT2D eigenvalue weighted by Crippen LogP contribution is 2.13. The Bertz CT molecular complexity index is 623. The molecule has 0 saturated heterocycles. The van der Waals surface area contributed by atoms with Crippen molar-refractivity contribution in [2.45, 2.75) is 20.3 Å². The Morgan fingerprint density at radius 2 is 1.95 bits per heavy atom. The fraction of sp³-hybridized carbons (Fsp3) is 0.286. The summed E-state index contributed by atoms with van der Waals surface area (Å²) in [5.74, 6) is 0.210. The van der Waals surface area contributed by atoms with Crippen LogP contribution in [0, 0.1) is 0 Å². The molecule has 5 nitrogen and oxygen atoms in total. The molecule has 2 rings (SSSR count). The first-order chi connectivity index (χ1) is 9.21. The lowest BCUT2D eigenvalue weighted by atomic mass is 10.1. The molecule has 0 aliphatic rings. The van der Waals surface area contributed by atoms with Gasteiger partial charge in [0.25, 0.3) is 5.56 Å². The average Bonchev–Trinajstić information content (AvgIpc) is 2.75. The van der Waals surface area contributed by atoms with E-state index in [-0.39, 0.29) is 11.4 Å². The Kier molecular flexibility index (Phi) is 3.85. The summed E-state index contributed by atoms with van der Waals surface area (Å²) in [6.07, 6.45) is 1.45. The maximum absolute atomic E-state index is 12.1. The molecule has 0 aliphatic heterocycles. The molecule has 2 aromatic rings. The van der Waals surface area contributed by atoms with Gasteiger partial charge in [-0.05, 0) is 31.0 Å². The van der Waals surface area contributed by atoms with Gasteiger partial charge in [0.1, 0.15) is 5.56 Å². The molecule has 0 bridgehead atoms. The van der Waals surface area contributed by atoms with E-state index in [0.717, 1.165) is 6.42 Å². The van der Waals surface area contributed by atoms with Crippen LogP contribution in [0.1, 0.15) is 29.8 Å². The van der Waals surface area contributed by atoms with Gasteiger partial charge in [-0.2, -0.15) is 0 Å². The van der Waals surface area contributed by atoms with Gasteiger partial charge in [-0.25, -0.2) is 4.68 Å². The maximum Gasteiger partial charge on any atom is 0.285 e. The van der Waals surface area contributed by atoms with Gasteiger partial charge in [-0.3, -0.25) is 14.7 Å². The van der Waals surface area contributed by atoms with Gasteiger partial charge in [0.15, 0.2) is 6.29 Å². The molecule has 0 aliphatic carbocycles. The molecule has 0 saturated carbocycles. The second kappa shape index (κ2) is 5.56. The van der Waals surface area contributed by atoms with E-state index in [0.29, 0.717) is 18.6 Å². The van der Waals surface area contributed by atoms with Crippen LogP contribution < -0.4 is 10.3 Å². The highest BCUT2D eigenvalue weighted by Gasteiger charge is 2.15. The molecule has 19 heavy (non-hydrogen) atoms. The quantitative estimate of drug-likeness (QED) is 0.835. The van der Waals surface area contributed by atoms with Crippen LogP contribution in [0.2, 0.25) is 0 Å². The minimum absolute atomic E-state index is 0.0152. The fourth-order valence-electron chi connectivity index (χ4n) is 1.85. The average molecular weight is 260 g/mol. The van der Waals surface area contributed by atoms with Crippen molar-refractivity contribution < 1.29 is 9.53 Å². The molecule has 5 heteroatoms. The summed E-state index contributed by atoms with van der Waals surface area (Å²) in [5, 5.41) is 2.81. The second-order valence-electron chi connectivity index (χ2n) is 4.07. The van der Waals surface area contributed by atoms with E-state index in [1.165, 1.54) is 10.2 Å². The van der Waals surface area contributed by atoms with Gasteiger partial charge < -0.3 is 4.74 Å². The Morgan fingerprint density at radius 1 is 1.26 bits per heavy atom. The minimum atomic E-state index is -0.400. The lowest BCUT2D eigenvalue weighted by Gasteiger charge is -2.03. The van der Waals surface area contributed by atoms with Crippen molar-refractivity contribution in [1.82, 2.24) is 9.78 Å². The third-order valence-electron chi connectivity index (χ3n) is 2.90. The largest absolute Gasteiger partial charge is 0.478 e. The molecular formula is C14H16N2O3. The molecule has 0 amide bonds. The Morgan fingerprint density at radius 3 is 2.47 bits per heavy atom. The van der Waals surface area contributed by atoms with Crippen molar-refractivity contribution in [2.24, 2.45) is 0 Å². The Hall–Kier alpha value is -2.30. The monoisotopic (exact) mass is 260 g/mol. The number of rotatable bonds is 5. The lowest BCUT2D eigenvalue weighted by molar-refractivity contribution is 0.111. The van der Waals surface area contributed by atoms with E-state index in [9.17, 15) is 9.59 Å². The van der Waals surface area contributed by atoms with E-state index in [1.54, 1.807) is 6.92 Å². The molecule has 0 spiro atoms. The molecule has 1 aromatic carbocycles.